The maximum absolute atomic E-state index is 11.9. The fourth-order valence-electron chi connectivity index (χ4n) is 1.62. The summed E-state index contributed by atoms with van der Waals surface area (Å²) in [5, 5.41) is 11.2. The zero-order valence-electron chi connectivity index (χ0n) is 11.4. The lowest BCUT2D eigenvalue weighted by atomic mass is 10.2. The molecule has 0 saturated carbocycles. The molecule has 0 aliphatic heterocycles. The second kappa shape index (κ2) is 6.52. The lowest BCUT2D eigenvalue weighted by molar-refractivity contribution is 0.0953. The number of amides is 1. The summed E-state index contributed by atoms with van der Waals surface area (Å²) < 4.78 is 5.46. The van der Waals surface area contributed by atoms with Gasteiger partial charge in [0.1, 0.15) is 0 Å². The third kappa shape index (κ3) is 3.81. The summed E-state index contributed by atoms with van der Waals surface area (Å²) in [6.07, 6.45) is 0.506. The average molecular weight is 294 g/mol. The van der Waals surface area contributed by atoms with Crippen LogP contribution in [0.5, 0.6) is 0 Å². The number of halogens is 1. The van der Waals surface area contributed by atoms with E-state index in [0.29, 0.717) is 35.3 Å². The second-order valence-electron chi connectivity index (χ2n) is 4.70. The third-order valence-electron chi connectivity index (χ3n) is 2.69. The van der Waals surface area contributed by atoms with Crippen LogP contribution in [-0.4, -0.2) is 22.6 Å². The highest BCUT2D eigenvalue weighted by Gasteiger charge is 2.10. The Bertz CT molecular complexity index is 596. The zero-order valence-corrected chi connectivity index (χ0v) is 12.1. The van der Waals surface area contributed by atoms with Crippen molar-refractivity contribution in [3.8, 4) is 0 Å². The van der Waals surface area contributed by atoms with Crippen molar-refractivity contribution < 1.29 is 9.21 Å². The molecule has 20 heavy (non-hydrogen) atoms. The van der Waals surface area contributed by atoms with E-state index in [9.17, 15) is 4.79 Å². The summed E-state index contributed by atoms with van der Waals surface area (Å²) in [4.78, 5) is 11.9. The Hall–Kier alpha value is -1.88. The molecule has 0 aliphatic rings. The number of hydrogen-bond acceptors (Lipinski definition) is 4. The van der Waals surface area contributed by atoms with Crippen LogP contribution < -0.4 is 5.32 Å². The number of carbonyl (C=O) groups excluding carboxylic acids is 1. The minimum atomic E-state index is -0.170. The molecule has 0 radical (unpaired) electrons. The standard InChI is InChI=1S/C14H16ClN3O2/c1-9(2)14-18-17-12(20-14)6-7-16-13(19)10-4-3-5-11(15)8-10/h3-5,8-9H,6-7H2,1-2H3,(H,16,19). The summed E-state index contributed by atoms with van der Waals surface area (Å²) in [5.74, 6) is 1.18. The van der Waals surface area contributed by atoms with Crippen LogP contribution in [0.4, 0.5) is 0 Å². The Balaban J connectivity index is 1.84. The average Bonchev–Trinajstić information content (AvgIpc) is 2.87. The van der Waals surface area contributed by atoms with Crippen molar-refractivity contribution in [3.05, 3.63) is 46.6 Å². The third-order valence-corrected chi connectivity index (χ3v) is 2.92. The SMILES string of the molecule is CC(C)c1nnc(CCNC(=O)c2cccc(Cl)c2)o1. The van der Waals surface area contributed by atoms with Crippen LogP contribution in [-0.2, 0) is 6.42 Å². The van der Waals surface area contributed by atoms with Gasteiger partial charge in [-0.1, -0.05) is 31.5 Å². The van der Waals surface area contributed by atoms with Crippen molar-refractivity contribution in [2.24, 2.45) is 0 Å². The van der Waals surface area contributed by atoms with Gasteiger partial charge < -0.3 is 9.73 Å². The summed E-state index contributed by atoms with van der Waals surface area (Å²) >= 11 is 5.84. The molecule has 0 spiro atoms. The first kappa shape index (κ1) is 14.5. The molecule has 1 aromatic heterocycles. The molecule has 1 amide bonds. The fourth-order valence-corrected chi connectivity index (χ4v) is 1.81. The molecule has 0 atom stereocenters. The molecule has 1 heterocycles. The first-order chi connectivity index (χ1) is 9.56. The molecule has 0 saturated heterocycles. The summed E-state index contributed by atoms with van der Waals surface area (Å²) in [5.41, 5.74) is 0.533. The van der Waals surface area contributed by atoms with E-state index >= 15 is 0 Å². The van der Waals surface area contributed by atoms with Gasteiger partial charge in [0.15, 0.2) is 0 Å². The van der Waals surface area contributed by atoms with Gasteiger partial charge in [-0.25, -0.2) is 0 Å². The minimum Gasteiger partial charge on any atom is -0.425 e. The Kier molecular flexibility index (Phi) is 4.74. The molecular weight excluding hydrogens is 278 g/mol. The van der Waals surface area contributed by atoms with E-state index in [2.05, 4.69) is 15.5 Å². The first-order valence-electron chi connectivity index (χ1n) is 6.42. The van der Waals surface area contributed by atoms with Crippen molar-refractivity contribution in [2.45, 2.75) is 26.2 Å². The van der Waals surface area contributed by atoms with E-state index in [4.69, 9.17) is 16.0 Å². The van der Waals surface area contributed by atoms with Gasteiger partial charge in [0, 0.05) is 29.5 Å². The zero-order chi connectivity index (χ0) is 14.5. The molecule has 1 aromatic carbocycles. The van der Waals surface area contributed by atoms with Gasteiger partial charge in [-0.3, -0.25) is 4.79 Å². The number of nitrogens with one attached hydrogen (secondary N) is 1. The Morgan fingerprint density at radius 3 is 2.85 bits per heavy atom. The maximum Gasteiger partial charge on any atom is 0.251 e. The molecule has 2 rings (SSSR count). The molecule has 6 heteroatoms. The second-order valence-corrected chi connectivity index (χ2v) is 5.14. The number of aromatic nitrogens is 2. The summed E-state index contributed by atoms with van der Waals surface area (Å²) in [7, 11) is 0. The lowest BCUT2D eigenvalue weighted by Gasteiger charge is -2.03. The van der Waals surface area contributed by atoms with E-state index in [0.717, 1.165) is 0 Å². The highest BCUT2D eigenvalue weighted by Crippen LogP contribution is 2.12. The van der Waals surface area contributed by atoms with E-state index in [1.165, 1.54) is 0 Å². The predicted octanol–water partition coefficient (Wildman–Crippen LogP) is 2.82. The van der Waals surface area contributed by atoms with Gasteiger partial charge in [0.05, 0.1) is 0 Å². The van der Waals surface area contributed by atoms with Crippen molar-refractivity contribution in [2.75, 3.05) is 6.54 Å². The van der Waals surface area contributed by atoms with Gasteiger partial charge in [0.25, 0.3) is 5.91 Å². The number of carbonyl (C=O) groups is 1. The van der Waals surface area contributed by atoms with E-state index in [-0.39, 0.29) is 11.8 Å². The highest BCUT2D eigenvalue weighted by molar-refractivity contribution is 6.30. The summed E-state index contributed by atoms with van der Waals surface area (Å²) in [6, 6.07) is 6.81. The molecule has 0 aliphatic carbocycles. The fraction of sp³-hybridized carbons (Fsp3) is 0.357. The van der Waals surface area contributed by atoms with Crippen molar-refractivity contribution >= 4 is 17.5 Å². The van der Waals surface area contributed by atoms with Crippen LogP contribution in [0.25, 0.3) is 0 Å². The molecule has 0 unspecified atom stereocenters. The largest absolute Gasteiger partial charge is 0.425 e. The van der Waals surface area contributed by atoms with Crippen molar-refractivity contribution in [1.82, 2.24) is 15.5 Å². The molecule has 5 nitrogen and oxygen atoms in total. The molecule has 1 N–H and O–H groups in total. The van der Waals surface area contributed by atoms with Crippen LogP contribution in [0.3, 0.4) is 0 Å². The van der Waals surface area contributed by atoms with Gasteiger partial charge in [-0.2, -0.15) is 0 Å². The quantitative estimate of drug-likeness (QED) is 0.920. The van der Waals surface area contributed by atoms with Crippen LogP contribution in [0, 0.1) is 0 Å². The number of nitrogens with zero attached hydrogens (tertiary/aromatic N) is 2. The molecule has 0 bridgehead atoms. The normalized spacial score (nSPS) is 10.8. The monoisotopic (exact) mass is 293 g/mol. The van der Waals surface area contributed by atoms with E-state index in [1.54, 1.807) is 24.3 Å². The van der Waals surface area contributed by atoms with Gasteiger partial charge in [0.2, 0.25) is 11.8 Å². The maximum atomic E-state index is 11.9. The van der Waals surface area contributed by atoms with E-state index in [1.807, 2.05) is 13.8 Å². The minimum absolute atomic E-state index is 0.170. The van der Waals surface area contributed by atoms with Gasteiger partial charge in [-0.15, -0.1) is 10.2 Å². The Morgan fingerprint density at radius 2 is 2.20 bits per heavy atom. The van der Waals surface area contributed by atoms with Crippen LogP contribution in [0.1, 0.15) is 41.9 Å². The molecule has 0 fully saturated rings. The summed E-state index contributed by atoms with van der Waals surface area (Å²) in [6.45, 7) is 4.40. The van der Waals surface area contributed by atoms with Gasteiger partial charge >= 0.3 is 0 Å². The first-order valence-corrected chi connectivity index (χ1v) is 6.80. The highest BCUT2D eigenvalue weighted by atomic mass is 35.5. The Morgan fingerprint density at radius 1 is 1.40 bits per heavy atom. The smallest absolute Gasteiger partial charge is 0.251 e. The number of rotatable bonds is 5. The van der Waals surface area contributed by atoms with Crippen molar-refractivity contribution in [1.29, 1.82) is 0 Å². The van der Waals surface area contributed by atoms with Crippen LogP contribution >= 0.6 is 11.6 Å². The number of benzene rings is 1. The Labute approximate surface area is 122 Å². The lowest BCUT2D eigenvalue weighted by Crippen LogP contribution is -2.25. The van der Waals surface area contributed by atoms with Crippen molar-refractivity contribution in [3.63, 3.8) is 0 Å². The van der Waals surface area contributed by atoms with Crippen LogP contribution in [0.2, 0.25) is 5.02 Å². The van der Waals surface area contributed by atoms with Gasteiger partial charge in [-0.05, 0) is 18.2 Å². The number of hydrogen-bond donors (Lipinski definition) is 1. The topological polar surface area (TPSA) is 68.0 Å². The van der Waals surface area contributed by atoms with Crippen LogP contribution in [0.15, 0.2) is 28.7 Å². The molecular formula is C14H16ClN3O2. The molecule has 106 valence electrons. The molecule has 2 aromatic rings. The van der Waals surface area contributed by atoms with E-state index < -0.39 is 0 Å². The predicted molar refractivity (Wildman–Crippen MR) is 75.9 cm³/mol.